The molecule has 7 nitrogen and oxygen atoms in total. The Labute approximate surface area is 234 Å². The highest BCUT2D eigenvalue weighted by atomic mass is 32.1. The van der Waals surface area contributed by atoms with Crippen molar-refractivity contribution in [2.24, 2.45) is 11.3 Å². The molecule has 1 unspecified atom stereocenters. The van der Waals surface area contributed by atoms with Crippen LogP contribution in [0, 0.1) is 22.7 Å². The van der Waals surface area contributed by atoms with Gasteiger partial charge in [-0.05, 0) is 55.2 Å². The lowest BCUT2D eigenvalue weighted by atomic mass is 9.72. The summed E-state index contributed by atoms with van der Waals surface area (Å²) in [6.45, 7) is 8.86. The molecule has 4 aromatic rings. The zero-order valence-corrected chi connectivity index (χ0v) is 23.9. The van der Waals surface area contributed by atoms with E-state index in [-0.39, 0.29) is 18.0 Å². The number of aromatic nitrogens is 1. The summed E-state index contributed by atoms with van der Waals surface area (Å²) < 4.78 is 10.8. The number of allylic oxidation sites excluding steroid dienone is 1. The standard InChI is InChI=1S/C30H29N3O4S2/c1-5-36-29(35)25-20-11-10-19(30(2,3)4)13-24(20)39-27(25)32-15-18(14-31)26-33-22(16-38-26)21-12-17-8-6-7-9-23(17)37-28(21)34/h6-9,12,15-16,19,32H,5,10-11,13H2,1-4H3. The fourth-order valence-electron chi connectivity index (χ4n) is 4.89. The molecule has 3 aromatic heterocycles. The number of ether oxygens (including phenoxy) is 1. The third kappa shape index (κ3) is 5.40. The number of anilines is 1. The van der Waals surface area contributed by atoms with E-state index < -0.39 is 5.63 Å². The van der Waals surface area contributed by atoms with Crippen LogP contribution in [0.15, 0.2) is 51.1 Å². The smallest absolute Gasteiger partial charge is 0.345 e. The molecule has 0 saturated carbocycles. The van der Waals surface area contributed by atoms with E-state index >= 15 is 0 Å². The summed E-state index contributed by atoms with van der Waals surface area (Å²) in [5, 5.41) is 16.8. The van der Waals surface area contributed by atoms with Crippen LogP contribution in [0.1, 0.15) is 59.9 Å². The van der Waals surface area contributed by atoms with Crippen molar-refractivity contribution in [2.75, 3.05) is 11.9 Å². The molecule has 1 N–H and O–H groups in total. The molecule has 0 spiro atoms. The number of nitriles is 1. The van der Waals surface area contributed by atoms with Crippen LogP contribution in [0.5, 0.6) is 0 Å². The van der Waals surface area contributed by atoms with Gasteiger partial charge in [0.05, 0.1) is 23.4 Å². The van der Waals surface area contributed by atoms with E-state index in [0.29, 0.717) is 43.9 Å². The molecule has 0 radical (unpaired) electrons. The van der Waals surface area contributed by atoms with Crippen molar-refractivity contribution in [1.82, 2.24) is 4.98 Å². The first-order valence-electron chi connectivity index (χ1n) is 12.9. The Balaban J connectivity index is 1.46. The average molecular weight is 560 g/mol. The van der Waals surface area contributed by atoms with E-state index in [1.54, 1.807) is 42.0 Å². The number of thiazole rings is 1. The van der Waals surface area contributed by atoms with E-state index in [2.05, 4.69) is 37.1 Å². The summed E-state index contributed by atoms with van der Waals surface area (Å²) in [4.78, 5) is 31.3. The van der Waals surface area contributed by atoms with Crippen LogP contribution >= 0.6 is 22.7 Å². The molecule has 39 heavy (non-hydrogen) atoms. The zero-order valence-electron chi connectivity index (χ0n) is 22.3. The first-order chi connectivity index (χ1) is 18.7. The Kier molecular flexibility index (Phi) is 7.43. The van der Waals surface area contributed by atoms with Crippen molar-refractivity contribution in [3.63, 3.8) is 0 Å². The largest absolute Gasteiger partial charge is 0.462 e. The second-order valence-corrected chi connectivity index (χ2v) is 12.5. The van der Waals surface area contributed by atoms with Gasteiger partial charge in [-0.1, -0.05) is 39.0 Å². The van der Waals surface area contributed by atoms with Gasteiger partial charge in [0.25, 0.3) is 0 Å². The van der Waals surface area contributed by atoms with Crippen molar-refractivity contribution in [1.29, 1.82) is 5.26 Å². The molecule has 1 atom stereocenters. The van der Waals surface area contributed by atoms with Gasteiger partial charge in [0, 0.05) is 21.8 Å². The number of benzene rings is 1. The molecule has 1 aliphatic carbocycles. The highest BCUT2D eigenvalue weighted by Crippen LogP contribution is 2.44. The van der Waals surface area contributed by atoms with Gasteiger partial charge in [-0.3, -0.25) is 0 Å². The van der Waals surface area contributed by atoms with Gasteiger partial charge >= 0.3 is 11.6 Å². The monoisotopic (exact) mass is 559 g/mol. The minimum Gasteiger partial charge on any atom is -0.462 e. The zero-order chi connectivity index (χ0) is 27.7. The molecular weight excluding hydrogens is 530 g/mol. The molecule has 0 bridgehead atoms. The minimum atomic E-state index is -0.483. The molecular formula is C30H29N3O4S2. The maximum atomic E-state index is 13.0. The summed E-state index contributed by atoms with van der Waals surface area (Å²) in [7, 11) is 0. The van der Waals surface area contributed by atoms with E-state index in [1.807, 2.05) is 18.2 Å². The number of carbonyl (C=O) groups excluding carboxylic acids is 1. The Bertz CT molecular complexity index is 1680. The molecule has 0 fully saturated rings. The number of nitrogens with zero attached hydrogens (tertiary/aromatic N) is 2. The number of fused-ring (bicyclic) bond motifs is 2. The predicted octanol–water partition coefficient (Wildman–Crippen LogP) is 7.28. The number of para-hydroxylation sites is 1. The van der Waals surface area contributed by atoms with Crippen LogP contribution in [0.4, 0.5) is 5.00 Å². The van der Waals surface area contributed by atoms with Gasteiger partial charge in [0.15, 0.2) is 0 Å². The molecule has 5 rings (SSSR count). The van der Waals surface area contributed by atoms with Crippen molar-refractivity contribution in [2.45, 2.75) is 47.0 Å². The van der Waals surface area contributed by atoms with Gasteiger partial charge in [-0.15, -0.1) is 22.7 Å². The minimum absolute atomic E-state index is 0.179. The normalized spacial score (nSPS) is 15.6. The van der Waals surface area contributed by atoms with Crippen molar-refractivity contribution < 1.29 is 13.9 Å². The number of hydrogen-bond acceptors (Lipinski definition) is 9. The maximum Gasteiger partial charge on any atom is 0.345 e. The number of thiophene rings is 1. The van der Waals surface area contributed by atoms with Gasteiger partial charge in [0.1, 0.15) is 27.2 Å². The topological polar surface area (TPSA) is 105 Å². The molecule has 0 aliphatic heterocycles. The van der Waals surface area contributed by atoms with Crippen LogP contribution in [-0.4, -0.2) is 17.6 Å². The van der Waals surface area contributed by atoms with E-state index in [0.717, 1.165) is 30.2 Å². The number of rotatable bonds is 6. The number of nitrogens with one attached hydrogen (secondary N) is 1. The van der Waals surface area contributed by atoms with E-state index in [4.69, 9.17) is 9.15 Å². The van der Waals surface area contributed by atoms with Gasteiger partial charge in [-0.2, -0.15) is 5.26 Å². The maximum absolute atomic E-state index is 13.0. The second kappa shape index (κ2) is 10.8. The van der Waals surface area contributed by atoms with Crippen LogP contribution in [-0.2, 0) is 17.6 Å². The molecule has 0 amide bonds. The summed E-state index contributed by atoms with van der Waals surface area (Å²) in [5.74, 6) is 0.177. The van der Waals surface area contributed by atoms with Crippen LogP contribution in [0.25, 0.3) is 27.8 Å². The third-order valence-electron chi connectivity index (χ3n) is 7.09. The Morgan fingerprint density at radius 1 is 1.33 bits per heavy atom. The number of esters is 1. The lowest BCUT2D eigenvalue weighted by Gasteiger charge is -2.33. The second-order valence-electron chi connectivity index (χ2n) is 10.6. The first-order valence-corrected chi connectivity index (χ1v) is 14.6. The quantitative estimate of drug-likeness (QED) is 0.150. The molecule has 1 aliphatic rings. The lowest BCUT2D eigenvalue weighted by molar-refractivity contribution is 0.0526. The molecule has 9 heteroatoms. The fourth-order valence-corrected chi connectivity index (χ4v) is 6.96. The summed E-state index contributed by atoms with van der Waals surface area (Å²) >= 11 is 2.82. The van der Waals surface area contributed by atoms with Crippen LogP contribution in [0.2, 0.25) is 0 Å². The SMILES string of the molecule is CCOC(=O)c1c(NC=C(C#N)c2nc(-c3cc4ccccc4oc3=O)cs2)sc2c1CCC(C(C)(C)C)C2. The highest BCUT2D eigenvalue weighted by Gasteiger charge is 2.34. The molecule has 1 aromatic carbocycles. The van der Waals surface area contributed by atoms with Crippen LogP contribution < -0.4 is 10.9 Å². The van der Waals surface area contributed by atoms with Gasteiger partial charge < -0.3 is 14.5 Å². The predicted molar refractivity (Wildman–Crippen MR) is 156 cm³/mol. The summed E-state index contributed by atoms with van der Waals surface area (Å²) in [5.41, 5.74) is 2.90. The Morgan fingerprint density at radius 2 is 2.13 bits per heavy atom. The van der Waals surface area contributed by atoms with E-state index in [9.17, 15) is 14.9 Å². The van der Waals surface area contributed by atoms with Gasteiger partial charge in [0.2, 0.25) is 0 Å². The van der Waals surface area contributed by atoms with Crippen molar-refractivity contribution in [3.05, 3.63) is 73.3 Å². The van der Waals surface area contributed by atoms with E-state index in [1.165, 1.54) is 16.2 Å². The Hall–Kier alpha value is -3.74. The summed E-state index contributed by atoms with van der Waals surface area (Å²) in [6.07, 6.45) is 4.33. The number of hydrogen-bond donors (Lipinski definition) is 1. The number of carbonyl (C=O) groups is 1. The third-order valence-corrected chi connectivity index (χ3v) is 9.15. The molecule has 3 heterocycles. The Morgan fingerprint density at radius 3 is 2.87 bits per heavy atom. The van der Waals surface area contributed by atoms with Gasteiger partial charge in [-0.25, -0.2) is 14.6 Å². The molecule has 200 valence electrons. The molecule has 0 saturated heterocycles. The summed E-state index contributed by atoms with van der Waals surface area (Å²) in [6, 6.07) is 11.2. The average Bonchev–Trinajstić information content (AvgIpc) is 3.53. The van der Waals surface area contributed by atoms with Crippen molar-refractivity contribution in [3.8, 4) is 17.3 Å². The highest BCUT2D eigenvalue weighted by molar-refractivity contribution is 7.16. The fraction of sp³-hybridized carbons (Fsp3) is 0.333. The van der Waals surface area contributed by atoms with Crippen LogP contribution in [0.3, 0.4) is 0 Å². The lowest BCUT2D eigenvalue weighted by Crippen LogP contribution is -2.26. The first kappa shape index (κ1) is 26.9. The van der Waals surface area contributed by atoms with Crippen molar-refractivity contribution >= 4 is 50.2 Å².